The molecular weight excluding hydrogens is 348 g/mol. The first-order valence-electron chi connectivity index (χ1n) is 8.95. The quantitative estimate of drug-likeness (QED) is 0.456. The second kappa shape index (κ2) is 7.41. The second-order valence-corrected chi connectivity index (χ2v) is 6.51. The smallest absolute Gasteiger partial charge is 0.178 e. The first-order chi connectivity index (χ1) is 13.6. The molecule has 0 saturated heterocycles. The molecule has 28 heavy (non-hydrogen) atoms. The zero-order chi connectivity index (χ0) is 19.5. The number of phenolic OH excluding ortho intramolecular Hbond substituents is 2. The van der Waals surface area contributed by atoms with Gasteiger partial charge in [-0.15, -0.1) is 0 Å². The van der Waals surface area contributed by atoms with Crippen molar-refractivity contribution < 1.29 is 15.0 Å². The molecule has 3 heteroatoms. The molecule has 0 radical (unpaired) electrons. The van der Waals surface area contributed by atoms with Crippen molar-refractivity contribution in [1.82, 2.24) is 0 Å². The summed E-state index contributed by atoms with van der Waals surface area (Å²) in [6.07, 6.45) is 6.53. The number of benzene rings is 4. The molecule has 0 unspecified atom stereocenters. The van der Waals surface area contributed by atoms with Crippen LogP contribution in [0.15, 0.2) is 84.9 Å². The number of hydrogen-bond donors (Lipinski definition) is 2. The van der Waals surface area contributed by atoms with Gasteiger partial charge in [0.1, 0.15) is 11.5 Å². The Hall–Kier alpha value is -3.85. The Balaban J connectivity index is 1.61. The number of carbonyl (C=O) groups is 1. The maximum absolute atomic E-state index is 12.3. The second-order valence-electron chi connectivity index (χ2n) is 6.51. The van der Waals surface area contributed by atoms with E-state index in [1.54, 1.807) is 36.4 Å². The largest absolute Gasteiger partial charge is 0.507 e. The van der Waals surface area contributed by atoms with E-state index in [1.165, 1.54) is 12.2 Å². The van der Waals surface area contributed by atoms with Gasteiger partial charge >= 0.3 is 0 Å². The average molecular weight is 366 g/mol. The lowest BCUT2D eigenvalue weighted by molar-refractivity contribution is -0.110. The first-order valence-corrected chi connectivity index (χ1v) is 8.95. The van der Waals surface area contributed by atoms with Crippen LogP contribution in [0.5, 0.6) is 11.5 Å². The number of fused-ring (bicyclic) bond motifs is 2. The van der Waals surface area contributed by atoms with Gasteiger partial charge in [-0.25, -0.2) is 0 Å². The predicted octanol–water partition coefficient (Wildman–Crippen LogP) is 5.70. The van der Waals surface area contributed by atoms with Gasteiger partial charge in [0.15, 0.2) is 5.78 Å². The SMILES string of the molecule is O=C(C=Cc1ccc(O)c2ccccc12)C=Cc1ccc(O)c2ccccc12. The molecule has 3 nitrogen and oxygen atoms in total. The Labute approximate surface area is 162 Å². The number of aromatic hydroxyl groups is 2. The number of hydrogen-bond acceptors (Lipinski definition) is 3. The molecule has 0 amide bonds. The third kappa shape index (κ3) is 3.38. The van der Waals surface area contributed by atoms with Crippen molar-refractivity contribution in [2.24, 2.45) is 0 Å². The third-order valence-electron chi connectivity index (χ3n) is 4.72. The molecule has 0 aliphatic rings. The molecular formula is C25H18O3. The third-order valence-corrected chi connectivity index (χ3v) is 4.72. The van der Waals surface area contributed by atoms with E-state index in [0.29, 0.717) is 0 Å². The van der Waals surface area contributed by atoms with E-state index in [9.17, 15) is 15.0 Å². The summed E-state index contributed by atoms with van der Waals surface area (Å²) in [4.78, 5) is 12.3. The van der Waals surface area contributed by atoms with Crippen LogP contribution in [0.1, 0.15) is 11.1 Å². The Morgan fingerprint density at radius 2 is 0.964 bits per heavy atom. The van der Waals surface area contributed by atoms with E-state index in [2.05, 4.69) is 0 Å². The van der Waals surface area contributed by atoms with Crippen LogP contribution in [0, 0.1) is 0 Å². The number of allylic oxidation sites excluding steroid dienone is 2. The van der Waals surface area contributed by atoms with Crippen molar-refractivity contribution in [3.63, 3.8) is 0 Å². The Morgan fingerprint density at radius 3 is 1.39 bits per heavy atom. The van der Waals surface area contributed by atoms with Gasteiger partial charge < -0.3 is 10.2 Å². The Bertz CT molecular complexity index is 1150. The maximum atomic E-state index is 12.3. The fraction of sp³-hybridized carbons (Fsp3) is 0. The maximum Gasteiger partial charge on any atom is 0.178 e. The average Bonchev–Trinajstić information content (AvgIpc) is 2.73. The van der Waals surface area contributed by atoms with Crippen LogP contribution < -0.4 is 0 Å². The van der Waals surface area contributed by atoms with Crippen molar-refractivity contribution in [3.8, 4) is 11.5 Å². The van der Waals surface area contributed by atoms with Gasteiger partial charge in [-0.2, -0.15) is 0 Å². The number of ketones is 1. The predicted molar refractivity (Wildman–Crippen MR) is 114 cm³/mol. The molecule has 4 rings (SSSR count). The lowest BCUT2D eigenvalue weighted by Crippen LogP contribution is -1.86. The molecule has 0 aliphatic carbocycles. The summed E-state index contributed by atoms with van der Waals surface area (Å²) < 4.78 is 0. The number of rotatable bonds is 4. The van der Waals surface area contributed by atoms with Gasteiger partial charge in [0.2, 0.25) is 0 Å². The van der Waals surface area contributed by atoms with Gasteiger partial charge in [-0.3, -0.25) is 4.79 Å². The van der Waals surface area contributed by atoms with E-state index < -0.39 is 0 Å². The normalized spacial score (nSPS) is 11.7. The highest BCUT2D eigenvalue weighted by atomic mass is 16.3. The van der Waals surface area contributed by atoms with Gasteiger partial charge in [0.25, 0.3) is 0 Å². The van der Waals surface area contributed by atoms with Crippen molar-refractivity contribution >= 4 is 39.5 Å². The van der Waals surface area contributed by atoms with Crippen molar-refractivity contribution in [3.05, 3.63) is 96.1 Å². The minimum Gasteiger partial charge on any atom is -0.507 e. The molecule has 0 spiro atoms. The van der Waals surface area contributed by atoms with E-state index in [-0.39, 0.29) is 17.3 Å². The number of carbonyl (C=O) groups excluding carboxylic acids is 1. The topological polar surface area (TPSA) is 57.5 Å². The molecule has 0 atom stereocenters. The molecule has 0 aromatic heterocycles. The number of phenols is 2. The van der Waals surface area contributed by atoms with E-state index in [4.69, 9.17) is 0 Å². The molecule has 2 N–H and O–H groups in total. The summed E-state index contributed by atoms with van der Waals surface area (Å²) in [5.41, 5.74) is 1.73. The molecule has 136 valence electrons. The molecule has 0 saturated carbocycles. The summed E-state index contributed by atoms with van der Waals surface area (Å²) in [5.74, 6) is 0.297. The lowest BCUT2D eigenvalue weighted by atomic mass is 10.0. The summed E-state index contributed by atoms with van der Waals surface area (Å²) in [6.45, 7) is 0. The lowest BCUT2D eigenvalue weighted by Gasteiger charge is -2.04. The monoisotopic (exact) mass is 366 g/mol. The molecule has 0 fully saturated rings. The molecule has 0 aliphatic heterocycles. The zero-order valence-corrected chi connectivity index (χ0v) is 15.0. The zero-order valence-electron chi connectivity index (χ0n) is 15.0. The van der Waals surface area contributed by atoms with Crippen LogP contribution >= 0.6 is 0 Å². The van der Waals surface area contributed by atoms with E-state index in [1.807, 2.05) is 48.5 Å². The van der Waals surface area contributed by atoms with Crippen molar-refractivity contribution in [2.75, 3.05) is 0 Å². The summed E-state index contributed by atoms with van der Waals surface area (Å²) >= 11 is 0. The van der Waals surface area contributed by atoms with Crippen LogP contribution in [0.4, 0.5) is 0 Å². The minimum absolute atomic E-state index is 0.144. The van der Waals surface area contributed by atoms with Crippen LogP contribution in [0.3, 0.4) is 0 Å². The summed E-state index contributed by atoms with van der Waals surface area (Å²) in [5, 5.41) is 23.2. The standard InChI is InChI=1S/C25H18O3/c26-19(13-9-17-11-15-24(27)22-7-3-1-5-20(17)22)14-10-18-12-16-25(28)23-8-4-2-6-21(18)23/h1-16,27-28H. The highest BCUT2D eigenvalue weighted by Crippen LogP contribution is 2.29. The molecule has 4 aromatic carbocycles. The summed E-state index contributed by atoms with van der Waals surface area (Å²) in [6, 6.07) is 21.9. The fourth-order valence-corrected chi connectivity index (χ4v) is 3.30. The first kappa shape index (κ1) is 17.6. The fourth-order valence-electron chi connectivity index (χ4n) is 3.30. The Kier molecular flexibility index (Phi) is 4.65. The molecule has 4 aromatic rings. The van der Waals surface area contributed by atoms with Crippen LogP contribution in [-0.2, 0) is 4.79 Å². The minimum atomic E-state index is -0.144. The van der Waals surface area contributed by atoms with Gasteiger partial charge in [0, 0.05) is 10.8 Å². The van der Waals surface area contributed by atoms with Gasteiger partial charge in [-0.1, -0.05) is 72.8 Å². The Morgan fingerprint density at radius 1 is 0.571 bits per heavy atom. The van der Waals surface area contributed by atoms with Crippen molar-refractivity contribution in [2.45, 2.75) is 0 Å². The summed E-state index contributed by atoms with van der Waals surface area (Å²) in [7, 11) is 0. The van der Waals surface area contributed by atoms with Gasteiger partial charge in [-0.05, 0) is 46.2 Å². The van der Waals surface area contributed by atoms with Crippen LogP contribution in [0.25, 0.3) is 33.7 Å². The van der Waals surface area contributed by atoms with Crippen LogP contribution in [0.2, 0.25) is 0 Å². The molecule has 0 bridgehead atoms. The van der Waals surface area contributed by atoms with E-state index >= 15 is 0 Å². The highest BCUT2D eigenvalue weighted by molar-refractivity contribution is 6.07. The van der Waals surface area contributed by atoms with Crippen molar-refractivity contribution in [1.29, 1.82) is 0 Å². The van der Waals surface area contributed by atoms with E-state index in [0.717, 1.165) is 32.7 Å². The highest BCUT2D eigenvalue weighted by Gasteiger charge is 2.04. The van der Waals surface area contributed by atoms with Gasteiger partial charge in [0.05, 0.1) is 0 Å². The van der Waals surface area contributed by atoms with Crippen LogP contribution in [-0.4, -0.2) is 16.0 Å². The molecule has 0 heterocycles.